The fourth-order valence-corrected chi connectivity index (χ4v) is 3.20. The molecule has 1 aliphatic heterocycles. The van der Waals surface area contributed by atoms with Gasteiger partial charge in [-0.05, 0) is 41.5 Å². The molecule has 26 heavy (non-hydrogen) atoms. The zero-order valence-corrected chi connectivity index (χ0v) is 14.5. The number of aliphatic hydroxyl groups excluding tert-OH is 1. The monoisotopic (exact) mass is 356 g/mol. The second-order valence-corrected chi connectivity index (χ2v) is 5.90. The second-order valence-electron chi connectivity index (χ2n) is 5.90. The average molecular weight is 356 g/mol. The summed E-state index contributed by atoms with van der Waals surface area (Å²) in [6, 6.07) is 8.72. The van der Waals surface area contributed by atoms with Gasteiger partial charge in [-0.1, -0.05) is 12.1 Å². The SMILES string of the molecule is COc1ccc([C@@H]2Oc3c(O)cc(C=CC=O)cc3[C@H]2CO)cc1OC. The number of rotatable bonds is 6. The Kier molecular flexibility index (Phi) is 5.14. The summed E-state index contributed by atoms with van der Waals surface area (Å²) in [5, 5.41) is 20.2. The van der Waals surface area contributed by atoms with Gasteiger partial charge in [0.05, 0.1) is 26.7 Å². The number of phenols is 1. The molecule has 1 heterocycles. The molecule has 2 aromatic carbocycles. The molecule has 0 amide bonds. The second kappa shape index (κ2) is 7.49. The highest BCUT2D eigenvalue weighted by molar-refractivity contribution is 5.75. The van der Waals surface area contributed by atoms with Crippen LogP contribution in [0.1, 0.15) is 28.7 Å². The Morgan fingerprint density at radius 1 is 1.15 bits per heavy atom. The van der Waals surface area contributed by atoms with E-state index in [-0.39, 0.29) is 18.3 Å². The first-order chi connectivity index (χ1) is 12.6. The minimum atomic E-state index is -0.481. The van der Waals surface area contributed by atoms with Gasteiger partial charge < -0.3 is 24.4 Å². The highest BCUT2D eigenvalue weighted by atomic mass is 16.5. The lowest BCUT2D eigenvalue weighted by atomic mass is 9.90. The van der Waals surface area contributed by atoms with Gasteiger partial charge in [0.1, 0.15) is 12.4 Å². The summed E-state index contributed by atoms with van der Waals surface area (Å²) in [5.41, 5.74) is 2.14. The molecule has 6 nitrogen and oxygen atoms in total. The molecule has 1 aliphatic rings. The molecule has 6 heteroatoms. The van der Waals surface area contributed by atoms with Crippen LogP contribution >= 0.6 is 0 Å². The predicted octanol–water partition coefficient (Wildman–Crippen LogP) is 2.83. The van der Waals surface area contributed by atoms with Crippen molar-refractivity contribution in [3.8, 4) is 23.0 Å². The summed E-state index contributed by atoms with van der Waals surface area (Å²) in [6.07, 6.45) is 3.12. The molecule has 136 valence electrons. The summed E-state index contributed by atoms with van der Waals surface area (Å²) in [6.45, 7) is -0.160. The Morgan fingerprint density at radius 2 is 1.92 bits per heavy atom. The van der Waals surface area contributed by atoms with E-state index in [4.69, 9.17) is 14.2 Å². The number of aromatic hydroxyl groups is 1. The van der Waals surface area contributed by atoms with Gasteiger partial charge in [0, 0.05) is 5.56 Å². The van der Waals surface area contributed by atoms with E-state index in [9.17, 15) is 15.0 Å². The Balaban J connectivity index is 2.02. The lowest BCUT2D eigenvalue weighted by Gasteiger charge is -2.19. The van der Waals surface area contributed by atoms with Crippen molar-refractivity contribution in [2.45, 2.75) is 12.0 Å². The van der Waals surface area contributed by atoms with Crippen molar-refractivity contribution < 1.29 is 29.2 Å². The summed E-state index contributed by atoms with van der Waals surface area (Å²) >= 11 is 0. The van der Waals surface area contributed by atoms with E-state index < -0.39 is 6.10 Å². The summed E-state index contributed by atoms with van der Waals surface area (Å²) < 4.78 is 16.5. The van der Waals surface area contributed by atoms with Crippen molar-refractivity contribution in [1.29, 1.82) is 0 Å². The van der Waals surface area contributed by atoms with Gasteiger partial charge in [-0.25, -0.2) is 0 Å². The van der Waals surface area contributed by atoms with Crippen LogP contribution in [0.2, 0.25) is 0 Å². The van der Waals surface area contributed by atoms with Gasteiger partial charge in [0.15, 0.2) is 23.0 Å². The Morgan fingerprint density at radius 3 is 2.58 bits per heavy atom. The van der Waals surface area contributed by atoms with Crippen LogP contribution in [0.3, 0.4) is 0 Å². The number of methoxy groups -OCH3 is 2. The normalized spacial score (nSPS) is 18.4. The third-order valence-corrected chi connectivity index (χ3v) is 4.43. The number of phenolic OH excluding ortho intramolecular Hbond substituents is 1. The van der Waals surface area contributed by atoms with Crippen LogP contribution in [0.15, 0.2) is 36.4 Å². The van der Waals surface area contributed by atoms with E-state index in [2.05, 4.69) is 0 Å². The highest BCUT2D eigenvalue weighted by Crippen LogP contribution is 2.51. The summed E-state index contributed by atoms with van der Waals surface area (Å²) in [4.78, 5) is 10.5. The maximum Gasteiger partial charge on any atom is 0.165 e. The van der Waals surface area contributed by atoms with Crippen molar-refractivity contribution in [3.63, 3.8) is 0 Å². The van der Waals surface area contributed by atoms with E-state index in [1.807, 2.05) is 6.07 Å². The molecule has 2 atom stereocenters. The quantitative estimate of drug-likeness (QED) is 0.612. The number of carbonyl (C=O) groups excluding carboxylic acids is 1. The maximum absolute atomic E-state index is 10.5. The summed E-state index contributed by atoms with van der Waals surface area (Å²) in [7, 11) is 3.11. The number of ether oxygens (including phenoxy) is 3. The number of carbonyl (C=O) groups is 1. The van der Waals surface area contributed by atoms with E-state index >= 15 is 0 Å². The molecule has 0 aliphatic carbocycles. The zero-order valence-electron chi connectivity index (χ0n) is 14.5. The van der Waals surface area contributed by atoms with E-state index in [0.717, 1.165) is 5.56 Å². The molecule has 0 fully saturated rings. The number of aldehydes is 1. The summed E-state index contributed by atoms with van der Waals surface area (Å²) in [5.74, 6) is 1.09. The van der Waals surface area contributed by atoms with Crippen molar-refractivity contribution in [1.82, 2.24) is 0 Å². The number of fused-ring (bicyclic) bond motifs is 1. The Bertz CT molecular complexity index is 842. The molecule has 0 aromatic heterocycles. The minimum absolute atomic E-state index is 0.0329. The standard InChI is InChI=1S/C20H20O6/c1-24-17-6-5-13(10-18(17)25-2)19-15(11-22)14-8-12(4-3-7-21)9-16(23)20(14)26-19/h3-10,15,19,22-23H,11H2,1-2H3/t15-,19+/m1/s1. The van der Waals surface area contributed by atoms with Crippen molar-refractivity contribution in [3.05, 3.63) is 53.1 Å². The van der Waals surface area contributed by atoms with Crippen LogP contribution in [0, 0.1) is 0 Å². The van der Waals surface area contributed by atoms with Gasteiger partial charge in [-0.2, -0.15) is 0 Å². The van der Waals surface area contributed by atoms with E-state index in [1.165, 1.54) is 12.1 Å². The van der Waals surface area contributed by atoms with Crippen molar-refractivity contribution >= 4 is 12.4 Å². The molecule has 0 saturated heterocycles. The van der Waals surface area contributed by atoms with Gasteiger partial charge in [0.25, 0.3) is 0 Å². The van der Waals surface area contributed by atoms with Crippen molar-refractivity contribution in [2.75, 3.05) is 20.8 Å². The van der Waals surface area contributed by atoms with Crippen LogP contribution in [0.25, 0.3) is 6.08 Å². The Labute approximate surface area is 151 Å². The molecule has 0 saturated carbocycles. The number of allylic oxidation sites excluding steroid dienone is 1. The molecule has 2 aromatic rings. The molecule has 0 bridgehead atoms. The molecular formula is C20H20O6. The fourth-order valence-electron chi connectivity index (χ4n) is 3.20. The first kappa shape index (κ1) is 17.8. The zero-order chi connectivity index (χ0) is 18.7. The molecule has 0 unspecified atom stereocenters. The third kappa shape index (κ3) is 3.11. The molecule has 0 radical (unpaired) electrons. The van der Waals surface area contributed by atoms with Gasteiger partial charge in [-0.3, -0.25) is 4.79 Å². The molecule has 0 spiro atoms. The van der Waals surface area contributed by atoms with Crippen LogP contribution < -0.4 is 14.2 Å². The number of hydrogen-bond donors (Lipinski definition) is 2. The maximum atomic E-state index is 10.5. The highest BCUT2D eigenvalue weighted by Gasteiger charge is 2.37. The fraction of sp³-hybridized carbons (Fsp3) is 0.250. The van der Waals surface area contributed by atoms with E-state index in [1.54, 1.807) is 38.5 Å². The van der Waals surface area contributed by atoms with E-state index in [0.29, 0.717) is 34.7 Å². The minimum Gasteiger partial charge on any atom is -0.504 e. The lowest BCUT2D eigenvalue weighted by Crippen LogP contribution is -2.13. The number of benzene rings is 2. The predicted molar refractivity (Wildman–Crippen MR) is 95.9 cm³/mol. The number of aliphatic hydroxyl groups is 1. The van der Waals surface area contributed by atoms with Gasteiger partial charge in [0.2, 0.25) is 0 Å². The Hall–Kier alpha value is -2.99. The smallest absolute Gasteiger partial charge is 0.165 e. The average Bonchev–Trinajstić information content (AvgIpc) is 3.04. The first-order valence-electron chi connectivity index (χ1n) is 8.11. The molecule has 3 rings (SSSR count). The first-order valence-corrected chi connectivity index (χ1v) is 8.11. The largest absolute Gasteiger partial charge is 0.504 e. The topological polar surface area (TPSA) is 85.2 Å². The number of hydrogen-bond acceptors (Lipinski definition) is 6. The third-order valence-electron chi connectivity index (χ3n) is 4.43. The van der Waals surface area contributed by atoms with Gasteiger partial charge in [-0.15, -0.1) is 0 Å². The van der Waals surface area contributed by atoms with Crippen LogP contribution in [0.5, 0.6) is 23.0 Å². The van der Waals surface area contributed by atoms with Crippen LogP contribution in [0.4, 0.5) is 0 Å². The van der Waals surface area contributed by atoms with Gasteiger partial charge >= 0.3 is 0 Å². The molecule has 2 N–H and O–H groups in total. The van der Waals surface area contributed by atoms with Crippen molar-refractivity contribution in [2.24, 2.45) is 0 Å². The van der Waals surface area contributed by atoms with Crippen LogP contribution in [-0.2, 0) is 4.79 Å². The van der Waals surface area contributed by atoms with Crippen LogP contribution in [-0.4, -0.2) is 37.3 Å². The molecular weight excluding hydrogens is 336 g/mol. The lowest BCUT2D eigenvalue weighted by molar-refractivity contribution is -0.104.